The molecule has 0 aliphatic rings. The van der Waals surface area contributed by atoms with E-state index in [4.69, 9.17) is 18.0 Å². The number of nitrogens with two attached hydrogens (primary N) is 1. The largest absolute Gasteiger partial charge is 0.380 e. The van der Waals surface area contributed by atoms with Crippen LogP contribution in [0.25, 0.3) is 0 Å². The van der Waals surface area contributed by atoms with Gasteiger partial charge in [-0.15, -0.1) is 0 Å². The molecule has 92 valence electrons. The quantitative estimate of drug-likeness (QED) is 0.239. The maximum atomic E-state index is 5.74. The van der Waals surface area contributed by atoms with Crippen LogP contribution in [0.3, 0.4) is 0 Å². The first kappa shape index (κ1) is 13.4. The van der Waals surface area contributed by atoms with Crippen molar-refractivity contribution in [2.75, 3.05) is 6.54 Å². The van der Waals surface area contributed by atoms with Crippen molar-refractivity contribution in [3.05, 3.63) is 30.1 Å². The summed E-state index contributed by atoms with van der Waals surface area (Å²) in [6.45, 7) is 2.96. The zero-order chi connectivity index (χ0) is 12.5. The Morgan fingerprint density at radius 3 is 3.00 bits per heavy atom. The van der Waals surface area contributed by atoms with Crippen LogP contribution in [0.2, 0.25) is 0 Å². The third-order valence-electron chi connectivity index (χ3n) is 2.02. The van der Waals surface area contributed by atoms with Gasteiger partial charge in [0.2, 0.25) is 0 Å². The van der Waals surface area contributed by atoms with Crippen molar-refractivity contribution in [2.24, 2.45) is 10.8 Å². The summed E-state index contributed by atoms with van der Waals surface area (Å²) in [7, 11) is 0. The summed E-state index contributed by atoms with van der Waals surface area (Å²) < 4.78 is 0. The first-order valence-corrected chi connectivity index (χ1v) is 5.93. The van der Waals surface area contributed by atoms with Crippen molar-refractivity contribution in [3.8, 4) is 0 Å². The molecule has 4 N–H and O–H groups in total. The Morgan fingerprint density at radius 1 is 1.53 bits per heavy atom. The highest BCUT2D eigenvalue weighted by Crippen LogP contribution is 1.91. The minimum Gasteiger partial charge on any atom is -0.380 e. The van der Waals surface area contributed by atoms with Crippen LogP contribution in [-0.4, -0.2) is 22.5 Å². The van der Waals surface area contributed by atoms with Crippen LogP contribution in [0.4, 0.5) is 0 Å². The number of hydrogen-bond acceptors (Lipinski definition) is 3. The van der Waals surface area contributed by atoms with Crippen molar-refractivity contribution in [3.63, 3.8) is 0 Å². The molecule has 0 unspecified atom stereocenters. The molecule has 0 fully saturated rings. The summed E-state index contributed by atoms with van der Waals surface area (Å²) in [6, 6.07) is 5.46. The molecule has 0 aliphatic heterocycles. The van der Waals surface area contributed by atoms with Gasteiger partial charge in [0.15, 0.2) is 10.9 Å². The van der Waals surface area contributed by atoms with Gasteiger partial charge in [-0.2, -0.15) is 5.10 Å². The number of nitrogens with one attached hydrogen (secondary N) is 2. The molecule has 17 heavy (non-hydrogen) atoms. The van der Waals surface area contributed by atoms with E-state index in [-0.39, 0.29) is 0 Å². The van der Waals surface area contributed by atoms with Gasteiger partial charge >= 0.3 is 0 Å². The van der Waals surface area contributed by atoms with Crippen LogP contribution in [0.15, 0.2) is 29.5 Å². The predicted octanol–water partition coefficient (Wildman–Crippen LogP) is 0.966. The molecule has 0 atom stereocenters. The van der Waals surface area contributed by atoms with Gasteiger partial charge in [-0.05, 0) is 30.8 Å². The number of unbranched alkanes of at least 4 members (excludes halogenated alkanes) is 1. The van der Waals surface area contributed by atoms with Crippen LogP contribution in [0, 0.1) is 0 Å². The fraction of sp³-hybridized carbons (Fsp3) is 0.364. The molecular weight excluding hydrogens is 234 g/mol. The highest BCUT2D eigenvalue weighted by Gasteiger charge is 1.98. The number of pyridine rings is 1. The van der Waals surface area contributed by atoms with Crippen molar-refractivity contribution < 1.29 is 0 Å². The van der Waals surface area contributed by atoms with Gasteiger partial charge in [-0.25, -0.2) is 0 Å². The number of rotatable bonds is 5. The molecule has 1 rings (SSSR count). The third kappa shape index (κ3) is 5.26. The summed E-state index contributed by atoms with van der Waals surface area (Å²) in [4.78, 5) is 4.07. The van der Waals surface area contributed by atoms with E-state index in [9.17, 15) is 0 Å². The van der Waals surface area contributed by atoms with Crippen LogP contribution in [-0.2, 0) is 0 Å². The van der Waals surface area contributed by atoms with Crippen LogP contribution < -0.4 is 16.5 Å². The summed E-state index contributed by atoms with van der Waals surface area (Å²) in [5.41, 5.74) is 9.04. The Balaban J connectivity index is 2.40. The molecule has 0 bridgehead atoms. The van der Waals surface area contributed by atoms with E-state index in [1.165, 1.54) is 0 Å². The molecule has 0 aliphatic carbocycles. The average molecular weight is 251 g/mol. The zero-order valence-corrected chi connectivity index (χ0v) is 10.6. The Labute approximate surface area is 107 Å². The molecule has 0 radical (unpaired) electrons. The van der Waals surface area contributed by atoms with Crippen LogP contribution >= 0.6 is 12.2 Å². The van der Waals surface area contributed by atoms with Gasteiger partial charge in [-0.1, -0.05) is 19.4 Å². The average Bonchev–Trinajstić information content (AvgIpc) is 2.37. The minimum atomic E-state index is 0.310. The second-order valence-electron chi connectivity index (χ2n) is 3.43. The monoisotopic (exact) mass is 251 g/mol. The van der Waals surface area contributed by atoms with E-state index < -0.39 is 0 Å². The fourth-order valence-corrected chi connectivity index (χ4v) is 1.25. The molecule has 1 aromatic rings. The number of aromatic nitrogens is 1. The minimum absolute atomic E-state index is 0.310. The number of hydrogen-bond donors (Lipinski definition) is 3. The lowest BCUT2D eigenvalue weighted by Gasteiger charge is -2.06. The number of hydrazone groups is 1. The van der Waals surface area contributed by atoms with Crippen molar-refractivity contribution in [1.29, 1.82) is 0 Å². The Hall–Kier alpha value is -1.69. The lowest BCUT2D eigenvalue weighted by molar-refractivity contribution is 0.744. The van der Waals surface area contributed by atoms with E-state index in [1.54, 1.807) is 12.3 Å². The summed E-state index contributed by atoms with van der Waals surface area (Å²) >= 11 is 5.03. The Kier molecular flexibility index (Phi) is 5.95. The van der Waals surface area contributed by atoms with Gasteiger partial charge in [-0.3, -0.25) is 10.4 Å². The summed E-state index contributed by atoms with van der Waals surface area (Å²) in [5.74, 6) is 0.310. The highest BCUT2D eigenvalue weighted by atomic mass is 32.1. The Bertz CT molecular complexity index is 377. The molecule has 6 heteroatoms. The smallest absolute Gasteiger partial charge is 0.187 e. The fourth-order valence-electron chi connectivity index (χ4n) is 1.10. The Morgan fingerprint density at radius 2 is 2.35 bits per heavy atom. The first-order valence-electron chi connectivity index (χ1n) is 5.52. The lowest BCUT2D eigenvalue weighted by Crippen LogP contribution is -2.34. The third-order valence-corrected chi connectivity index (χ3v) is 2.26. The van der Waals surface area contributed by atoms with Crippen LogP contribution in [0.5, 0.6) is 0 Å². The van der Waals surface area contributed by atoms with Gasteiger partial charge in [0.25, 0.3) is 0 Å². The van der Waals surface area contributed by atoms with E-state index in [0.29, 0.717) is 16.6 Å². The molecule has 5 nitrogen and oxygen atoms in total. The van der Waals surface area contributed by atoms with Gasteiger partial charge < -0.3 is 11.1 Å². The normalized spacial score (nSPS) is 11.0. The topological polar surface area (TPSA) is 75.3 Å². The van der Waals surface area contributed by atoms with Crippen molar-refractivity contribution in [2.45, 2.75) is 19.8 Å². The first-order chi connectivity index (χ1) is 8.24. The second kappa shape index (κ2) is 7.56. The molecule has 0 aromatic carbocycles. The number of amidine groups is 1. The summed E-state index contributed by atoms with van der Waals surface area (Å²) in [6.07, 6.45) is 3.85. The summed E-state index contributed by atoms with van der Waals surface area (Å²) in [5, 5.41) is 7.45. The van der Waals surface area contributed by atoms with E-state index in [0.717, 1.165) is 19.4 Å². The van der Waals surface area contributed by atoms with E-state index >= 15 is 0 Å². The molecular formula is C11H17N5S. The molecule has 0 amide bonds. The number of nitrogens with zero attached hydrogens (tertiary/aromatic N) is 2. The van der Waals surface area contributed by atoms with Gasteiger partial charge in [0, 0.05) is 12.7 Å². The van der Waals surface area contributed by atoms with Crippen LogP contribution in [0.1, 0.15) is 25.5 Å². The maximum absolute atomic E-state index is 5.74. The molecule has 1 heterocycles. The van der Waals surface area contributed by atoms with Gasteiger partial charge in [0.05, 0.1) is 0 Å². The van der Waals surface area contributed by atoms with Crippen molar-refractivity contribution >= 4 is 23.2 Å². The molecule has 0 saturated heterocycles. The highest BCUT2D eigenvalue weighted by molar-refractivity contribution is 7.80. The maximum Gasteiger partial charge on any atom is 0.187 e. The van der Waals surface area contributed by atoms with E-state index in [2.05, 4.69) is 27.8 Å². The lowest BCUT2D eigenvalue weighted by atomic mass is 10.3. The molecule has 0 spiro atoms. The standard InChI is InChI=1S/C11H17N5S/c1-2-3-7-14-11(17)16-15-10(12)9-6-4-5-8-13-9/h4-6,8H,2-3,7H2,1H3,(H2,12,15)(H2,14,16,17). The molecule has 0 saturated carbocycles. The van der Waals surface area contributed by atoms with Crippen molar-refractivity contribution in [1.82, 2.24) is 15.7 Å². The second-order valence-corrected chi connectivity index (χ2v) is 3.84. The van der Waals surface area contributed by atoms with Gasteiger partial charge in [0.1, 0.15) is 5.69 Å². The predicted molar refractivity (Wildman–Crippen MR) is 73.6 cm³/mol. The zero-order valence-electron chi connectivity index (χ0n) is 9.81. The van der Waals surface area contributed by atoms with E-state index in [1.807, 2.05) is 12.1 Å². The number of thiocarbonyl (C=S) groups is 1. The SMILES string of the molecule is CCCCNC(=S)N/N=C(\N)c1ccccn1. The molecule has 1 aromatic heterocycles.